The summed E-state index contributed by atoms with van der Waals surface area (Å²) in [6, 6.07) is 10.1. The Morgan fingerprint density at radius 1 is 1.30 bits per heavy atom. The van der Waals surface area contributed by atoms with E-state index in [1.165, 1.54) is 0 Å². The SMILES string of the molecule is NC(=O)CN(CCOc1ccccc1)C1CCNCC1. The second kappa shape index (κ2) is 7.87. The van der Waals surface area contributed by atoms with E-state index in [1.54, 1.807) is 0 Å². The Labute approximate surface area is 120 Å². The van der Waals surface area contributed by atoms with E-state index in [9.17, 15) is 4.79 Å². The Kier molecular flexibility index (Phi) is 5.83. The van der Waals surface area contributed by atoms with Crippen molar-refractivity contribution in [3.63, 3.8) is 0 Å². The van der Waals surface area contributed by atoms with Crippen molar-refractivity contribution in [3.05, 3.63) is 30.3 Å². The molecule has 1 heterocycles. The zero-order valence-corrected chi connectivity index (χ0v) is 11.8. The van der Waals surface area contributed by atoms with Crippen LogP contribution in [0, 0.1) is 0 Å². The normalized spacial score (nSPS) is 16.2. The Bertz CT molecular complexity index is 405. The molecule has 0 aliphatic carbocycles. The molecule has 2 rings (SSSR count). The lowest BCUT2D eigenvalue weighted by Gasteiger charge is -2.33. The number of hydrogen-bond acceptors (Lipinski definition) is 4. The van der Waals surface area contributed by atoms with Gasteiger partial charge in [0.25, 0.3) is 0 Å². The first-order chi connectivity index (χ1) is 9.75. The van der Waals surface area contributed by atoms with E-state index >= 15 is 0 Å². The molecule has 1 aromatic carbocycles. The molecule has 5 heteroatoms. The van der Waals surface area contributed by atoms with Crippen LogP contribution in [0.1, 0.15) is 12.8 Å². The van der Waals surface area contributed by atoms with Crippen LogP contribution in [0.4, 0.5) is 0 Å². The molecule has 0 bridgehead atoms. The molecule has 20 heavy (non-hydrogen) atoms. The summed E-state index contributed by atoms with van der Waals surface area (Å²) in [6.45, 7) is 3.60. The van der Waals surface area contributed by atoms with Gasteiger partial charge in [0.15, 0.2) is 0 Å². The van der Waals surface area contributed by atoms with Gasteiger partial charge in [-0.1, -0.05) is 18.2 Å². The van der Waals surface area contributed by atoms with Gasteiger partial charge in [-0.3, -0.25) is 9.69 Å². The lowest BCUT2D eigenvalue weighted by atomic mass is 10.0. The number of nitrogens with one attached hydrogen (secondary N) is 1. The Morgan fingerprint density at radius 2 is 2.00 bits per heavy atom. The van der Waals surface area contributed by atoms with Crippen LogP contribution in [0.5, 0.6) is 5.75 Å². The van der Waals surface area contributed by atoms with E-state index < -0.39 is 0 Å². The number of nitrogens with two attached hydrogens (primary N) is 1. The maximum absolute atomic E-state index is 11.2. The highest BCUT2D eigenvalue weighted by molar-refractivity contribution is 5.75. The van der Waals surface area contributed by atoms with Gasteiger partial charge in [-0.2, -0.15) is 0 Å². The van der Waals surface area contributed by atoms with E-state index in [4.69, 9.17) is 10.5 Å². The molecule has 1 aliphatic rings. The van der Waals surface area contributed by atoms with Crippen molar-refractivity contribution in [1.29, 1.82) is 0 Å². The summed E-state index contributed by atoms with van der Waals surface area (Å²) in [5.41, 5.74) is 5.35. The molecule has 3 N–H and O–H groups in total. The minimum atomic E-state index is -0.275. The molecule has 0 unspecified atom stereocenters. The van der Waals surface area contributed by atoms with Crippen LogP contribution in [0.25, 0.3) is 0 Å². The molecule has 0 spiro atoms. The van der Waals surface area contributed by atoms with Gasteiger partial charge in [0.2, 0.25) is 5.91 Å². The van der Waals surface area contributed by atoms with Crippen LogP contribution in [-0.2, 0) is 4.79 Å². The number of nitrogens with zero attached hydrogens (tertiary/aromatic N) is 1. The number of carbonyl (C=O) groups excluding carboxylic acids is 1. The molecule has 110 valence electrons. The van der Waals surface area contributed by atoms with E-state index in [2.05, 4.69) is 10.2 Å². The third-order valence-electron chi connectivity index (χ3n) is 3.57. The smallest absolute Gasteiger partial charge is 0.231 e. The molecule has 1 fully saturated rings. The number of hydrogen-bond donors (Lipinski definition) is 2. The van der Waals surface area contributed by atoms with Gasteiger partial charge in [0.05, 0.1) is 6.54 Å². The van der Waals surface area contributed by atoms with Crippen LogP contribution >= 0.6 is 0 Å². The van der Waals surface area contributed by atoms with Crippen molar-refractivity contribution in [2.24, 2.45) is 5.73 Å². The van der Waals surface area contributed by atoms with Crippen molar-refractivity contribution in [2.75, 3.05) is 32.8 Å². The Balaban J connectivity index is 1.82. The fraction of sp³-hybridized carbons (Fsp3) is 0.533. The van der Waals surface area contributed by atoms with Crippen molar-refractivity contribution in [1.82, 2.24) is 10.2 Å². The Morgan fingerprint density at radius 3 is 2.65 bits per heavy atom. The molecule has 0 saturated carbocycles. The highest BCUT2D eigenvalue weighted by Gasteiger charge is 2.21. The molecule has 5 nitrogen and oxygen atoms in total. The van der Waals surface area contributed by atoms with E-state index in [0.717, 1.165) is 38.2 Å². The van der Waals surface area contributed by atoms with Crippen molar-refractivity contribution < 1.29 is 9.53 Å². The average molecular weight is 277 g/mol. The van der Waals surface area contributed by atoms with E-state index in [1.807, 2.05) is 30.3 Å². The number of carbonyl (C=O) groups is 1. The van der Waals surface area contributed by atoms with Gasteiger partial charge in [-0.25, -0.2) is 0 Å². The molecular formula is C15H23N3O2. The molecule has 1 amide bonds. The fourth-order valence-corrected chi connectivity index (χ4v) is 2.56. The van der Waals surface area contributed by atoms with Crippen LogP contribution in [0.3, 0.4) is 0 Å². The molecule has 1 aliphatic heterocycles. The number of para-hydroxylation sites is 1. The highest BCUT2D eigenvalue weighted by Crippen LogP contribution is 2.12. The van der Waals surface area contributed by atoms with Gasteiger partial charge in [-0.05, 0) is 38.1 Å². The van der Waals surface area contributed by atoms with Gasteiger partial charge in [0, 0.05) is 12.6 Å². The third kappa shape index (κ3) is 4.83. The Hall–Kier alpha value is -1.59. The minimum absolute atomic E-state index is 0.275. The summed E-state index contributed by atoms with van der Waals surface area (Å²) in [7, 11) is 0. The summed E-state index contributed by atoms with van der Waals surface area (Å²) in [5, 5.41) is 3.33. The largest absolute Gasteiger partial charge is 0.492 e. The predicted molar refractivity (Wildman–Crippen MR) is 78.6 cm³/mol. The number of benzene rings is 1. The first-order valence-corrected chi connectivity index (χ1v) is 7.16. The highest BCUT2D eigenvalue weighted by atomic mass is 16.5. The number of rotatable bonds is 7. The van der Waals surface area contributed by atoms with Crippen LogP contribution in [-0.4, -0.2) is 49.6 Å². The van der Waals surface area contributed by atoms with Crippen molar-refractivity contribution in [3.8, 4) is 5.75 Å². The maximum atomic E-state index is 11.2. The summed E-state index contributed by atoms with van der Waals surface area (Å²) < 4.78 is 5.70. The van der Waals surface area contributed by atoms with Crippen molar-refractivity contribution in [2.45, 2.75) is 18.9 Å². The lowest BCUT2D eigenvalue weighted by Crippen LogP contribution is -2.47. The maximum Gasteiger partial charge on any atom is 0.231 e. The summed E-state index contributed by atoms with van der Waals surface area (Å²) in [4.78, 5) is 13.4. The molecule has 1 aromatic rings. The molecule has 0 atom stereocenters. The van der Waals surface area contributed by atoms with Crippen LogP contribution in [0.2, 0.25) is 0 Å². The standard InChI is InChI=1S/C15H23N3O2/c16-15(19)12-18(13-6-8-17-9-7-13)10-11-20-14-4-2-1-3-5-14/h1-5,13,17H,6-12H2,(H2,16,19). The lowest BCUT2D eigenvalue weighted by molar-refractivity contribution is -0.119. The summed E-state index contributed by atoms with van der Waals surface area (Å²) in [5.74, 6) is 0.583. The van der Waals surface area contributed by atoms with Crippen LogP contribution in [0.15, 0.2) is 30.3 Å². The second-order valence-electron chi connectivity index (χ2n) is 5.08. The zero-order chi connectivity index (χ0) is 14.2. The van der Waals surface area contributed by atoms with Gasteiger partial charge in [-0.15, -0.1) is 0 Å². The summed E-state index contributed by atoms with van der Waals surface area (Å²) in [6.07, 6.45) is 2.11. The van der Waals surface area contributed by atoms with Crippen LogP contribution < -0.4 is 15.8 Å². The second-order valence-corrected chi connectivity index (χ2v) is 5.08. The predicted octanol–water partition coefficient (Wildman–Crippen LogP) is 0.605. The molecule has 1 saturated heterocycles. The number of amides is 1. The van der Waals surface area contributed by atoms with Crippen molar-refractivity contribution >= 4 is 5.91 Å². The third-order valence-corrected chi connectivity index (χ3v) is 3.57. The van der Waals surface area contributed by atoms with E-state index in [0.29, 0.717) is 19.2 Å². The molecule has 0 aromatic heterocycles. The quantitative estimate of drug-likeness (QED) is 0.766. The first-order valence-electron chi connectivity index (χ1n) is 7.16. The van der Waals surface area contributed by atoms with E-state index in [-0.39, 0.29) is 5.91 Å². The average Bonchev–Trinajstić information content (AvgIpc) is 2.48. The van der Waals surface area contributed by atoms with Gasteiger partial charge >= 0.3 is 0 Å². The topological polar surface area (TPSA) is 67.6 Å². The zero-order valence-electron chi connectivity index (χ0n) is 11.8. The summed E-state index contributed by atoms with van der Waals surface area (Å²) >= 11 is 0. The minimum Gasteiger partial charge on any atom is -0.492 e. The van der Waals surface area contributed by atoms with Gasteiger partial charge < -0.3 is 15.8 Å². The van der Waals surface area contributed by atoms with Gasteiger partial charge in [0.1, 0.15) is 12.4 Å². The number of ether oxygens (including phenoxy) is 1. The molecule has 0 radical (unpaired) electrons. The first kappa shape index (κ1) is 14.8. The number of primary amides is 1. The monoisotopic (exact) mass is 277 g/mol. The fourth-order valence-electron chi connectivity index (χ4n) is 2.56. The molecular weight excluding hydrogens is 254 g/mol. The number of piperidine rings is 1.